The number of aliphatic imine (C=N–C) groups is 1. The third-order valence-electron chi connectivity index (χ3n) is 4.79. The van der Waals surface area contributed by atoms with E-state index in [-0.39, 0.29) is 36.0 Å². The summed E-state index contributed by atoms with van der Waals surface area (Å²) >= 11 is 0. The SMILES string of the molecule is CN=C(NCC(C)Oc1ccc(C)cc1)N1CCN(CC(=O)NCCOC)CC1.I. The van der Waals surface area contributed by atoms with E-state index in [4.69, 9.17) is 9.47 Å². The van der Waals surface area contributed by atoms with Crippen LogP contribution in [0.2, 0.25) is 0 Å². The molecule has 0 spiro atoms. The van der Waals surface area contributed by atoms with Crippen molar-refractivity contribution in [2.24, 2.45) is 4.99 Å². The normalized spacial score (nSPS) is 15.9. The second-order valence-corrected chi connectivity index (χ2v) is 7.28. The van der Waals surface area contributed by atoms with E-state index in [1.54, 1.807) is 14.2 Å². The molecule has 8 nitrogen and oxygen atoms in total. The molecule has 2 N–H and O–H groups in total. The topological polar surface area (TPSA) is 78.4 Å². The molecule has 0 aromatic heterocycles. The molecule has 0 radical (unpaired) electrons. The molecule has 1 aliphatic rings. The summed E-state index contributed by atoms with van der Waals surface area (Å²) < 4.78 is 10.9. The molecule has 1 unspecified atom stereocenters. The van der Waals surface area contributed by atoms with Crippen LogP contribution in [-0.4, -0.2) is 94.3 Å². The zero-order chi connectivity index (χ0) is 21.1. The summed E-state index contributed by atoms with van der Waals surface area (Å²) in [5, 5.41) is 6.26. The van der Waals surface area contributed by atoms with E-state index in [0.29, 0.717) is 26.2 Å². The molecule has 1 aliphatic heterocycles. The number of amides is 1. The predicted molar refractivity (Wildman–Crippen MR) is 131 cm³/mol. The van der Waals surface area contributed by atoms with Gasteiger partial charge in [-0.3, -0.25) is 14.7 Å². The van der Waals surface area contributed by atoms with Crippen LogP contribution in [0.4, 0.5) is 0 Å². The third-order valence-corrected chi connectivity index (χ3v) is 4.79. The lowest BCUT2D eigenvalue weighted by Crippen LogP contribution is -2.54. The Labute approximate surface area is 197 Å². The van der Waals surface area contributed by atoms with Gasteiger partial charge in [-0.05, 0) is 26.0 Å². The molecule has 1 fully saturated rings. The van der Waals surface area contributed by atoms with Crippen molar-refractivity contribution in [3.8, 4) is 5.75 Å². The number of piperazine rings is 1. The number of ether oxygens (including phenoxy) is 2. The van der Waals surface area contributed by atoms with E-state index in [2.05, 4.69) is 32.3 Å². The molecular formula is C21H36IN5O3. The molecular weight excluding hydrogens is 497 g/mol. The Hall–Kier alpha value is -1.59. The van der Waals surface area contributed by atoms with Gasteiger partial charge in [0.1, 0.15) is 11.9 Å². The highest BCUT2D eigenvalue weighted by Crippen LogP contribution is 2.13. The van der Waals surface area contributed by atoms with E-state index < -0.39 is 0 Å². The van der Waals surface area contributed by atoms with Crippen LogP contribution < -0.4 is 15.4 Å². The predicted octanol–water partition coefficient (Wildman–Crippen LogP) is 1.34. The Balaban J connectivity index is 0.00000450. The molecule has 170 valence electrons. The van der Waals surface area contributed by atoms with Gasteiger partial charge in [0, 0.05) is 46.9 Å². The van der Waals surface area contributed by atoms with Gasteiger partial charge >= 0.3 is 0 Å². The van der Waals surface area contributed by atoms with E-state index in [0.717, 1.165) is 37.9 Å². The number of benzene rings is 1. The van der Waals surface area contributed by atoms with Crippen molar-refractivity contribution in [2.45, 2.75) is 20.0 Å². The number of hydrogen-bond acceptors (Lipinski definition) is 5. The largest absolute Gasteiger partial charge is 0.489 e. The van der Waals surface area contributed by atoms with Crippen molar-refractivity contribution in [1.29, 1.82) is 0 Å². The summed E-state index contributed by atoms with van der Waals surface area (Å²) in [7, 11) is 3.42. The smallest absolute Gasteiger partial charge is 0.234 e. The fraction of sp³-hybridized carbons (Fsp3) is 0.619. The monoisotopic (exact) mass is 533 g/mol. The van der Waals surface area contributed by atoms with Crippen LogP contribution in [0, 0.1) is 6.92 Å². The lowest BCUT2D eigenvalue weighted by atomic mass is 10.2. The lowest BCUT2D eigenvalue weighted by molar-refractivity contribution is -0.122. The van der Waals surface area contributed by atoms with E-state index in [9.17, 15) is 4.79 Å². The van der Waals surface area contributed by atoms with Crippen molar-refractivity contribution in [3.63, 3.8) is 0 Å². The number of nitrogens with zero attached hydrogens (tertiary/aromatic N) is 3. The first kappa shape index (κ1) is 26.4. The molecule has 1 amide bonds. The maximum absolute atomic E-state index is 11.9. The van der Waals surface area contributed by atoms with Gasteiger partial charge in [-0.15, -0.1) is 24.0 Å². The van der Waals surface area contributed by atoms with Crippen LogP contribution in [0.5, 0.6) is 5.75 Å². The van der Waals surface area contributed by atoms with Gasteiger partial charge in [-0.2, -0.15) is 0 Å². The van der Waals surface area contributed by atoms with Gasteiger partial charge in [0.15, 0.2) is 5.96 Å². The average molecular weight is 533 g/mol. The summed E-state index contributed by atoms with van der Waals surface area (Å²) in [4.78, 5) is 20.7. The van der Waals surface area contributed by atoms with Gasteiger partial charge in [-0.1, -0.05) is 17.7 Å². The number of halogens is 1. The number of aryl methyl sites for hydroxylation is 1. The first-order chi connectivity index (χ1) is 14.0. The molecule has 1 atom stereocenters. The molecule has 0 bridgehead atoms. The zero-order valence-electron chi connectivity index (χ0n) is 18.5. The Morgan fingerprint density at radius 2 is 1.83 bits per heavy atom. The highest BCUT2D eigenvalue weighted by Gasteiger charge is 2.21. The Morgan fingerprint density at radius 3 is 2.43 bits per heavy atom. The zero-order valence-corrected chi connectivity index (χ0v) is 20.8. The first-order valence-electron chi connectivity index (χ1n) is 10.2. The van der Waals surface area contributed by atoms with Gasteiger partial charge in [0.25, 0.3) is 0 Å². The Bertz CT molecular complexity index is 649. The van der Waals surface area contributed by atoms with Crippen LogP contribution in [0.15, 0.2) is 29.3 Å². The fourth-order valence-corrected chi connectivity index (χ4v) is 3.13. The van der Waals surface area contributed by atoms with Crippen molar-refractivity contribution in [1.82, 2.24) is 20.4 Å². The second-order valence-electron chi connectivity index (χ2n) is 7.28. The minimum atomic E-state index is 0. The number of hydrogen-bond donors (Lipinski definition) is 2. The highest BCUT2D eigenvalue weighted by atomic mass is 127. The van der Waals surface area contributed by atoms with Crippen molar-refractivity contribution in [3.05, 3.63) is 29.8 Å². The Morgan fingerprint density at radius 1 is 1.17 bits per heavy atom. The van der Waals surface area contributed by atoms with Crippen molar-refractivity contribution >= 4 is 35.8 Å². The van der Waals surface area contributed by atoms with E-state index in [1.165, 1.54) is 5.56 Å². The summed E-state index contributed by atoms with van der Waals surface area (Å²) in [6.45, 7) is 9.60. The van der Waals surface area contributed by atoms with E-state index in [1.807, 2.05) is 31.2 Å². The third kappa shape index (κ3) is 9.48. The number of rotatable bonds is 9. The summed E-state index contributed by atoms with van der Waals surface area (Å²) in [6, 6.07) is 8.08. The second kappa shape index (κ2) is 14.4. The number of methoxy groups -OCH3 is 1. The standard InChI is InChI=1S/C21H35N5O3.HI/c1-17-5-7-19(8-6-17)29-18(2)15-24-21(22-3)26-12-10-25(11-13-26)16-20(27)23-9-14-28-4;/h5-8,18H,9-16H2,1-4H3,(H,22,24)(H,23,27);1H. The van der Waals surface area contributed by atoms with Gasteiger partial charge in [0.05, 0.1) is 19.7 Å². The molecule has 0 saturated carbocycles. The molecule has 2 rings (SSSR count). The number of nitrogens with one attached hydrogen (secondary N) is 2. The van der Waals surface area contributed by atoms with Gasteiger partial charge < -0.3 is 25.0 Å². The fourth-order valence-electron chi connectivity index (χ4n) is 3.13. The van der Waals surface area contributed by atoms with Gasteiger partial charge in [-0.25, -0.2) is 0 Å². The van der Waals surface area contributed by atoms with Crippen LogP contribution in [0.25, 0.3) is 0 Å². The van der Waals surface area contributed by atoms with Gasteiger partial charge in [0.2, 0.25) is 5.91 Å². The Kier molecular flexibility index (Phi) is 12.7. The quantitative estimate of drug-likeness (QED) is 0.216. The first-order valence-corrected chi connectivity index (χ1v) is 10.2. The number of carbonyl (C=O) groups is 1. The van der Waals surface area contributed by atoms with Crippen molar-refractivity contribution < 1.29 is 14.3 Å². The average Bonchev–Trinajstić information content (AvgIpc) is 2.71. The van der Waals surface area contributed by atoms with Crippen LogP contribution >= 0.6 is 24.0 Å². The summed E-state index contributed by atoms with van der Waals surface area (Å²) in [5.74, 6) is 1.78. The molecule has 9 heteroatoms. The van der Waals surface area contributed by atoms with Crippen LogP contribution in [0.3, 0.4) is 0 Å². The molecule has 0 aliphatic carbocycles. The van der Waals surface area contributed by atoms with E-state index >= 15 is 0 Å². The van der Waals surface area contributed by atoms with Crippen LogP contribution in [0.1, 0.15) is 12.5 Å². The minimum Gasteiger partial charge on any atom is -0.489 e. The molecule has 1 aromatic carbocycles. The number of guanidine groups is 1. The lowest BCUT2D eigenvalue weighted by Gasteiger charge is -2.36. The molecule has 1 aromatic rings. The summed E-state index contributed by atoms with van der Waals surface area (Å²) in [6.07, 6.45) is 0.0199. The van der Waals surface area contributed by atoms with Crippen molar-refractivity contribution in [2.75, 3.05) is 66.6 Å². The minimum absolute atomic E-state index is 0. The molecule has 1 heterocycles. The molecule has 30 heavy (non-hydrogen) atoms. The summed E-state index contributed by atoms with van der Waals surface area (Å²) in [5.41, 5.74) is 1.22. The highest BCUT2D eigenvalue weighted by molar-refractivity contribution is 14.0. The maximum Gasteiger partial charge on any atom is 0.234 e. The van der Waals surface area contributed by atoms with Crippen LogP contribution in [-0.2, 0) is 9.53 Å². The molecule has 1 saturated heterocycles. The maximum atomic E-state index is 11.9. The number of carbonyl (C=O) groups excluding carboxylic acids is 1.